The summed E-state index contributed by atoms with van der Waals surface area (Å²) >= 11 is 0. The number of rotatable bonds is 1. The minimum Gasteiger partial charge on any atom is -0.491 e. The van der Waals surface area contributed by atoms with Crippen LogP contribution in [0.5, 0.6) is 0 Å². The molecule has 12 heavy (non-hydrogen) atoms. The summed E-state index contributed by atoms with van der Waals surface area (Å²) < 4.78 is 5.65. The van der Waals surface area contributed by atoms with Crippen LogP contribution in [0.1, 0.15) is 34.1 Å². The number of carbonyl (C=O) groups is 1. The molecule has 0 bridgehead atoms. The van der Waals surface area contributed by atoms with Crippen LogP contribution < -0.4 is 0 Å². The number of hydrogen-bond donors (Lipinski definition) is 0. The lowest BCUT2D eigenvalue weighted by atomic mass is 9.96. The molecular formula is C10H16O2. The third-order valence-corrected chi connectivity index (χ3v) is 1.87. The van der Waals surface area contributed by atoms with E-state index < -0.39 is 0 Å². The Hall–Kier alpha value is -0.790. The lowest BCUT2D eigenvalue weighted by Crippen LogP contribution is -2.32. The van der Waals surface area contributed by atoms with Gasteiger partial charge in [0.25, 0.3) is 0 Å². The molecule has 2 nitrogen and oxygen atoms in total. The van der Waals surface area contributed by atoms with Gasteiger partial charge in [0, 0.05) is 18.4 Å². The maximum atomic E-state index is 11.2. The zero-order valence-corrected chi connectivity index (χ0v) is 8.18. The van der Waals surface area contributed by atoms with Crippen LogP contribution >= 0.6 is 0 Å². The first-order chi connectivity index (χ1) is 5.41. The molecule has 0 amide bonds. The predicted molar refractivity (Wildman–Crippen MR) is 47.7 cm³/mol. The zero-order valence-electron chi connectivity index (χ0n) is 8.18. The monoisotopic (exact) mass is 168 g/mol. The summed E-state index contributed by atoms with van der Waals surface area (Å²) in [6, 6.07) is 0. The second-order valence-electron chi connectivity index (χ2n) is 4.21. The van der Waals surface area contributed by atoms with Gasteiger partial charge in [-0.05, 0) is 13.8 Å². The molecule has 0 aromatic heterocycles. The van der Waals surface area contributed by atoms with Crippen LogP contribution in [0, 0.1) is 5.92 Å². The zero-order chi connectivity index (χ0) is 9.35. The Kier molecular flexibility index (Phi) is 2.27. The van der Waals surface area contributed by atoms with Crippen molar-refractivity contribution in [3.63, 3.8) is 0 Å². The number of carbonyl (C=O) groups excluding carboxylic acids is 1. The molecule has 0 saturated carbocycles. The molecule has 68 valence electrons. The van der Waals surface area contributed by atoms with Gasteiger partial charge in [0.2, 0.25) is 0 Å². The van der Waals surface area contributed by atoms with Crippen molar-refractivity contribution in [3.05, 3.63) is 11.8 Å². The molecular weight excluding hydrogens is 152 g/mol. The Morgan fingerprint density at radius 1 is 1.50 bits per heavy atom. The van der Waals surface area contributed by atoms with Gasteiger partial charge >= 0.3 is 0 Å². The molecule has 0 atom stereocenters. The molecule has 0 N–H and O–H groups in total. The van der Waals surface area contributed by atoms with E-state index in [0.717, 1.165) is 5.76 Å². The molecule has 0 aromatic carbocycles. The highest BCUT2D eigenvalue weighted by Gasteiger charge is 2.29. The standard InChI is InChI=1S/C10H16O2/c1-7(2)9-5-8(11)6-10(3,4)12-9/h5,7H,6H2,1-4H3. The van der Waals surface area contributed by atoms with Crippen LogP contribution in [0.3, 0.4) is 0 Å². The lowest BCUT2D eigenvalue weighted by molar-refractivity contribution is -0.122. The van der Waals surface area contributed by atoms with Gasteiger partial charge in [-0.1, -0.05) is 13.8 Å². The van der Waals surface area contributed by atoms with Crippen molar-refractivity contribution < 1.29 is 9.53 Å². The first kappa shape index (κ1) is 9.30. The van der Waals surface area contributed by atoms with E-state index in [1.165, 1.54) is 0 Å². The van der Waals surface area contributed by atoms with Gasteiger partial charge in [0.15, 0.2) is 5.78 Å². The molecule has 0 saturated heterocycles. The van der Waals surface area contributed by atoms with E-state index in [1.54, 1.807) is 6.08 Å². The summed E-state index contributed by atoms with van der Waals surface area (Å²) in [6.07, 6.45) is 2.11. The summed E-state index contributed by atoms with van der Waals surface area (Å²) in [4.78, 5) is 11.2. The van der Waals surface area contributed by atoms with Crippen molar-refractivity contribution in [2.24, 2.45) is 5.92 Å². The maximum absolute atomic E-state index is 11.2. The molecule has 0 spiro atoms. The predicted octanol–water partition coefficient (Wildman–Crippen LogP) is 2.29. The molecule has 1 aliphatic rings. The number of allylic oxidation sites excluding steroid dienone is 2. The SMILES string of the molecule is CC(C)C1=CC(=O)CC(C)(C)O1. The fraction of sp³-hybridized carbons (Fsp3) is 0.700. The molecule has 1 heterocycles. The molecule has 2 heteroatoms. The Balaban J connectivity index is 2.84. The second-order valence-corrected chi connectivity index (χ2v) is 4.21. The van der Waals surface area contributed by atoms with E-state index in [9.17, 15) is 4.79 Å². The summed E-state index contributed by atoms with van der Waals surface area (Å²) in [5, 5.41) is 0. The summed E-state index contributed by atoms with van der Waals surface area (Å²) in [7, 11) is 0. The largest absolute Gasteiger partial charge is 0.491 e. The maximum Gasteiger partial charge on any atom is 0.163 e. The van der Waals surface area contributed by atoms with Crippen LogP contribution in [-0.2, 0) is 9.53 Å². The number of ketones is 1. The fourth-order valence-corrected chi connectivity index (χ4v) is 1.30. The Bertz CT molecular complexity index is 224. The van der Waals surface area contributed by atoms with Crippen LogP contribution in [0.25, 0.3) is 0 Å². The quantitative estimate of drug-likeness (QED) is 0.600. The van der Waals surface area contributed by atoms with E-state index in [4.69, 9.17) is 4.74 Å². The van der Waals surface area contributed by atoms with Crippen molar-refractivity contribution >= 4 is 5.78 Å². The average molecular weight is 168 g/mol. The van der Waals surface area contributed by atoms with Crippen LogP contribution in [0.2, 0.25) is 0 Å². The van der Waals surface area contributed by atoms with Crippen LogP contribution in [0.4, 0.5) is 0 Å². The normalized spacial score (nSPS) is 22.1. The first-order valence-corrected chi connectivity index (χ1v) is 4.34. The third-order valence-electron chi connectivity index (χ3n) is 1.87. The van der Waals surface area contributed by atoms with E-state index in [0.29, 0.717) is 12.3 Å². The van der Waals surface area contributed by atoms with E-state index in [-0.39, 0.29) is 11.4 Å². The summed E-state index contributed by atoms with van der Waals surface area (Å²) in [6.45, 7) is 7.95. The third kappa shape index (κ3) is 2.10. The minimum absolute atomic E-state index is 0.176. The van der Waals surface area contributed by atoms with Gasteiger partial charge in [-0.15, -0.1) is 0 Å². The van der Waals surface area contributed by atoms with Gasteiger partial charge in [-0.25, -0.2) is 0 Å². The van der Waals surface area contributed by atoms with Crippen molar-refractivity contribution in [1.82, 2.24) is 0 Å². The van der Waals surface area contributed by atoms with Crippen molar-refractivity contribution in [3.8, 4) is 0 Å². The van der Waals surface area contributed by atoms with Gasteiger partial charge < -0.3 is 4.74 Å². The average Bonchev–Trinajstić information content (AvgIpc) is 1.82. The molecule has 0 aromatic rings. The minimum atomic E-state index is -0.314. The first-order valence-electron chi connectivity index (χ1n) is 4.34. The molecule has 0 radical (unpaired) electrons. The highest BCUT2D eigenvalue weighted by Crippen LogP contribution is 2.28. The highest BCUT2D eigenvalue weighted by atomic mass is 16.5. The second kappa shape index (κ2) is 2.92. The van der Waals surface area contributed by atoms with Gasteiger partial charge in [0.1, 0.15) is 11.4 Å². The van der Waals surface area contributed by atoms with Crippen molar-refractivity contribution in [2.75, 3.05) is 0 Å². The Morgan fingerprint density at radius 3 is 2.50 bits per heavy atom. The smallest absolute Gasteiger partial charge is 0.163 e. The number of hydrogen-bond acceptors (Lipinski definition) is 2. The van der Waals surface area contributed by atoms with E-state index >= 15 is 0 Å². The van der Waals surface area contributed by atoms with E-state index in [1.807, 2.05) is 27.7 Å². The van der Waals surface area contributed by atoms with Crippen molar-refractivity contribution in [2.45, 2.75) is 39.7 Å². The van der Waals surface area contributed by atoms with Gasteiger partial charge in [0.05, 0.1) is 0 Å². The molecule has 0 unspecified atom stereocenters. The topological polar surface area (TPSA) is 26.3 Å². The summed E-state index contributed by atoms with van der Waals surface area (Å²) in [5.74, 6) is 1.29. The van der Waals surface area contributed by atoms with Crippen molar-refractivity contribution in [1.29, 1.82) is 0 Å². The Labute approximate surface area is 73.6 Å². The molecule has 1 aliphatic heterocycles. The van der Waals surface area contributed by atoms with Gasteiger partial charge in [-0.3, -0.25) is 4.79 Å². The lowest BCUT2D eigenvalue weighted by Gasteiger charge is -2.32. The molecule has 0 fully saturated rings. The fourth-order valence-electron chi connectivity index (χ4n) is 1.30. The number of ether oxygens (including phenoxy) is 1. The van der Waals surface area contributed by atoms with E-state index in [2.05, 4.69) is 0 Å². The van der Waals surface area contributed by atoms with Crippen LogP contribution in [-0.4, -0.2) is 11.4 Å². The molecule has 0 aliphatic carbocycles. The summed E-state index contributed by atoms with van der Waals surface area (Å²) in [5.41, 5.74) is -0.314. The Morgan fingerprint density at radius 2 is 2.08 bits per heavy atom. The van der Waals surface area contributed by atoms with Crippen LogP contribution in [0.15, 0.2) is 11.8 Å². The molecule has 1 rings (SSSR count). The highest BCUT2D eigenvalue weighted by molar-refractivity contribution is 5.91. The van der Waals surface area contributed by atoms with Gasteiger partial charge in [-0.2, -0.15) is 0 Å².